The molecule has 3 heterocycles. The zero-order chi connectivity index (χ0) is 14.1. The van der Waals surface area contributed by atoms with Crippen molar-refractivity contribution in [2.24, 2.45) is 5.92 Å². The highest BCUT2D eigenvalue weighted by Gasteiger charge is 2.48. The maximum Gasteiger partial charge on any atom is 0.231 e. The minimum Gasteiger partial charge on any atom is -0.454 e. The molecule has 0 spiro atoms. The molecular weight excluding hydrogens is 270 g/mol. The normalized spacial score (nSPS) is 36.2. The van der Waals surface area contributed by atoms with E-state index < -0.39 is 12.2 Å². The first kappa shape index (κ1) is 12.0. The van der Waals surface area contributed by atoms with E-state index in [0.29, 0.717) is 0 Å². The Balaban J connectivity index is 1.70. The molecule has 5 rings (SSSR count). The van der Waals surface area contributed by atoms with Gasteiger partial charge < -0.3 is 19.7 Å². The lowest BCUT2D eigenvalue weighted by molar-refractivity contribution is -0.00431. The minimum absolute atomic E-state index is 0.124. The maximum atomic E-state index is 10.2. The first-order chi connectivity index (χ1) is 10.2. The molecule has 1 fully saturated rings. The number of aliphatic hydroxyl groups is 2. The first-order valence-corrected chi connectivity index (χ1v) is 7.47. The monoisotopic (exact) mass is 287 g/mol. The zero-order valence-electron chi connectivity index (χ0n) is 11.5. The Labute approximate surface area is 122 Å². The lowest BCUT2D eigenvalue weighted by atomic mass is 9.75. The second kappa shape index (κ2) is 4.00. The molecule has 0 radical (unpaired) electrons. The van der Waals surface area contributed by atoms with Gasteiger partial charge in [0.1, 0.15) is 0 Å². The van der Waals surface area contributed by atoms with Gasteiger partial charge in [-0.3, -0.25) is 4.90 Å². The summed E-state index contributed by atoms with van der Waals surface area (Å²) in [5.41, 5.74) is 3.49. The van der Waals surface area contributed by atoms with Gasteiger partial charge in [-0.15, -0.1) is 0 Å². The van der Waals surface area contributed by atoms with Crippen LogP contribution in [0.2, 0.25) is 0 Å². The average Bonchev–Trinajstić information content (AvgIpc) is 3.09. The largest absolute Gasteiger partial charge is 0.454 e. The molecule has 0 bridgehead atoms. The summed E-state index contributed by atoms with van der Waals surface area (Å²) in [6, 6.07) is 4.30. The number of hydrogen-bond donors (Lipinski definition) is 2. The average molecular weight is 287 g/mol. The SMILES string of the molecule is O[C@@H]1[C@H]2CCN3Cc4cc5c(cc4C(=C[C@H]1O)[C@@H]23)OCO5. The fourth-order valence-electron chi connectivity index (χ4n) is 4.33. The lowest BCUT2D eigenvalue weighted by Crippen LogP contribution is -2.47. The number of hydrogen-bond acceptors (Lipinski definition) is 5. The van der Waals surface area contributed by atoms with Crippen molar-refractivity contribution in [3.05, 3.63) is 29.3 Å². The van der Waals surface area contributed by atoms with Gasteiger partial charge in [-0.1, -0.05) is 0 Å². The summed E-state index contributed by atoms with van der Waals surface area (Å²) in [5, 5.41) is 20.4. The number of fused-ring (bicyclic) bond motifs is 3. The van der Waals surface area contributed by atoms with Crippen molar-refractivity contribution in [2.75, 3.05) is 13.3 Å². The van der Waals surface area contributed by atoms with Crippen molar-refractivity contribution in [2.45, 2.75) is 31.2 Å². The Hall–Kier alpha value is -1.56. The molecule has 0 unspecified atom stereocenters. The van der Waals surface area contributed by atoms with Gasteiger partial charge in [-0.2, -0.15) is 0 Å². The standard InChI is InChI=1S/C16H17NO4/c18-12-4-11-10-5-14-13(20-7-21-14)3-8(10)6-17-2-1-9(15(11)17)16(12)19/h3-5,9,12,15-16,18-19H,1-2,6-7H2/t9-,12+,15+,16+/m0/s1. The van der Waals surface area contributed by atoms with E-state index in [-0.39, 0.29) is 18.8 Å². The highest BCUT2D eigenvalue weighted by atomic mass is 16.7. The molecule has 1 aromatic carbocycles. The highest BCUT2D eigenvalue weighted by molar-refractivity contribution is 5.78. The third-order valence-corrected chi connectivity index (χ3v) is 5.29. The van der Waals surface area contributed by atoms with E-state index >= 15 is 0 Å². The molecule has 0 amide bonds. The van der Waals surface area contributed by atoms with Gasteiger partial charge >= 0.3 is 0 Å². The van der Waals surface area contributed by atoms with Crippen LogP contribution in [0.5, 0.6) is 11.5 Å². The van der Waals surface area contributed by atoms with E-state index in [1.807, 2.05) is 12.1 Å². The molecule has 1 aromatic rings. The van der Waals surface area contributed by atoms with Crippen molar-refractivity contribution in [3.8, 4) is 11.5 Å². The van der Waals surface area contributed by atoms with Crippen molar-refractivity contribution in [1.82, 2.24) is 4.90 Å². The van der Waals surface area contributed by atoms with E-state index in [1.165, 1.54) is 5.56 Å². The van der Waals surface area contributed by atoms with E-state index in [1.54, 1.807) is 0 Å². The fourth-order valence-corrected chi connectivity index (χ4v) is 4.33. The molecule has 110 valence electrons. The lowest BCUT2D eigenvalue weighted by Gasteiger charge is -2.41. The Kier molecular flexibility index (Phi) is 2.29. The molecule has 2 N–H and O–H groups in total. The van der Waals surface area contributed by atoms with E-state index in [0.717, 1.165) is 42.1 Å². The van der Waals surface area contributed by atoms with Crippen LogP contribution >= 0.6 is 0 Å². The van der Waals surface area contributed by atoms with Crippen molar-refractivity contribution < 1.29 is 19.7 Å². The van der Waals surface area contributed by atoms with Crippen LogP contribution in [0.3, 0.4) is 0 Å². The van der Waals surface area contributed by atoms with E-state index in [2.05, 4.69) is 11.0 Å². The van der Waals surface area contributed by atoms with Gasteiger partial charge in [0.05, 0.1) is 12.2 Å². The van der Waals surface area contributed by atoms with Crippen LogP contribution in [-0.4, -0.2) is 46.7 Å². The number of benzene rings is 1. The topological polar surface area (TPSA) is 62.2 Å². The second-order valence-electron chi connectivity index (χ2n) is 6.33. The summed E-state index contributed by atoms with van der Waals surface area (Å²) in [6.07, 6.45) is 1.32. The van der Waals surface area contributed by atoms with Crippen LogP contribution in [0.1, 0.15) is 17.5 Å². The summed E-state index contributed by atoms with van der Waals surface area (Å²) in [6.45, 7) is 2.10. The Morgan fingerprint density at radius 1 is 1.14 bits per heavy atom. The highest BCUT2D eigenvalue weighted by Crippen LogP contribution is 2.48. The molecule has 5 heteroatoms. The molecule has 0 saturated carbocycles. The van der Waals surface area contributed by atoms with Crippen LogP contribution in [-0.2, 0) is 6.54 Å². The van der Waals surface area contributed by atoms with Crippen LogP contribution < -0.4 is 9.47 Å². The minimum atomic E-state index is -0.780. The fraction of sp³-hybridized carbons (Fsp3) is 0.500. The Bertz CT molecular complexity index is 656. The van der Waals surface area contributed by atoms with Crippen molar-refractivity contribution in [1.29, 1.82) is 0 Å². The molecular formula is C16H17NO4. The number of rotatable bonds is 0. The quantitative estimate of drug-likeness (QED) is 0.737. The van der Waals surface area contributed by atoms with Gasteiger partial charge in [-0.05, 0) is 47.9 Å². The van der Waals surface area contributed by atoms with Crippen LogP contribution in [0.15, 0.2) is 18.2 Å². The molecule has 21 heavy (non-hydrogen) atoms. The summed E-state index contributed by atoms with van der Waals surface area (Å²) >= 11 is 0. The third kappa shape index (κ3) is 1.51. The maximum absolute atomic E-state index is 10.2. The molecule has 1 aliphatic carbocycles. The molecule has 4 atom stereocenters. The molecule has 0 aromatic heterocycles. The van der Waals surface area contributed by atoms with Crippen LogP contribution in [0.25, 0.3) is 5.57 Å². The van der Waals surface area contributed by atoms with Crippen LogP contribution in [0, 0.1) is 5.92 Å². The molecule has 5 nitrogen and oxygen atoms in total. The smallest absolute Gasteiger partial charge is 0.231 e. The molecule has 3 aliphatic heterocycles. The van der Waals surface area contributed by atoms with Gasteiger partial charge in [-0.25, -0.2) is 0 Å². The summed E-state index contributed by atoms with van der Waals surface area (Å²) < 4.78 is 11.0. The molecule has 1 saturated heterocycles. The van der Waals surface area contributed by atoms with Crippen LogP contribution in [0.4, 0.5) is 0 Å². The van der Waals surface area contributed by atoms with Gasteiger partial charge in [0.15, 0.2) is 11.5 Å². The second-order valence-corrected chi connectivity index (χ2v) is 6.33. The molecule has 4 aliphatic rings. The Morgan fingerprint density at radius 3 is 2.81 bits per heavy atom. The first-order valence-electron chi connectivity index (χ1n) is 7.47. The summed E-state index contributed by atoms with van der Waals surface area (Å²) in [5.74, 6) is 1.71. The van der Waals surface area contributed by atoms with Gasteiger partial charge in [0.25, 0.3) is 0 Å². The van der Waals surface area contributed by atoms with Gasteiger partial charge in [0.2, 0.25) is 6.79 Å². The Morgan fingerprint density at radius 2 is 1.95 bits per heavy atom. The predicted octanol–water partition coefficient (Wildman–Crippen LogP) is 0.738. The summed E-state index contributed by atoms with van der Waals surface area (Å²) in [7, 11) is 0. The zero-order valence-corrected chi connectivity index (χ0v) is 11.5. The van der Waals surface area contributed by atoms with E-state index in [4.69, 9.17) is 9.47 Å². The van der Waals surface area contributed by atoms with Gasteiger partial charge in [0, 0.05) is 18.5 Å². The van der Waals surface area contributed by atoms with E-state index in [9.17, 15) is 10.2 Å². The summed E-state index contributed by atoms with van der Waals surface area (Å²) in [4.78, 5) is 2.40. The van der Waals surface area contributed by atoms with Crippen molar-refractivity contribution >= 4 is 5.57 Å². The number of ether oxygens (including phenoxy) is 2. The third-order valence-electron chi connectivity index (χ3n) is 5.29. The van der Waals surface area contributed by atoms with Crippen molar-refractivity contribution in [3.63, 3.8) is 0 Å². The number of aliphatic hydroxyl groups excluding tert-OH is 2. The number of nitrogens with zero attached hydrogens (tertiary/aromatic N) is 1. The predicted molar refractivity (Wildman–Crippen MR) is 74.9 cm³/mol.